The molecule has 0 radical (unpaired) electrons. The second-order valence-electron chi connectivity index (χ2n) is 3.64. The van der Waals surface area contributed by atoms with E-state index in [1.54, 1.807) is 25.1 Å². The van der Waals surface area contributed by atoms with Crippen LogP contribution < -0.4 is 0 Å². The van der Waals surface area contributed by atoms with E-state index >= 15 is 0 Å². The third-order valence-corrected chi connectivity index (χ3v) is 2.23. The quantitative estimate of drug-likeness (QED) is 0.717. The monoisotopic (exact) mass is 212 g/mol. The van der Waals surface area contributed by atoms with Crippen LogP contribution in [0.3, 0.4) is 0 Å². The van der Waals surface area contributed by atoms with Gasteiger partial charge in [-0.3, -0.25) is 4.79 Å². The van der Waals surface area contributed by atoms with Gasteiger partial charge in [-0.1, -0.05) is 30.3 Å². The number of carbonyl (C=O) groups excluding carboxylic acids is 1. The lowest BCUT2D eigenvalue weighted by Crippen LogP contribution is -2.06. The summed E-state index contributed by atoms with van der Waals surface area (Å²) in [6.07, 6.45) is 0. The van der Waals surface area contributed by atoms with Gasteiger partial charge in [-0.2, -0.15) is 0 Å². The molecule has 1 aromatic heterocycles. The van der Waals surface area contributed by atoms with Crippen molar-refractivity contribution in [1.82, 2.24) is 9.97 Å². The van der Waals surface area contributed by atoms with Crippen LogP contribution in [0.5, 0.6) is 0 Å². The van der Waals surface area contributed by atoms with Crippen molar-refractivity contribution in [2.45, 2.75) is 13.8 Å². The molecule has 2 rings (SSSR count). The first-order chi connectivity index (χ1) is 7.66. The molecule has 0 aliphatic heterocycles. The summed E-state index contributed by atoms with van der Waals surface area (Å²) in [4.78, 5) is 20.4. The highest BCUT2D eigenvalue weighted by Crippen LogP contribution is 2.08. The summed E-state index contributed by atoms with van der Waals surface area (Å²) in [5, 5.41) is 0. The standard InChI is InChI=1S/C13H12N2O/c1-9-8-12(15-10(2)14-9)13(16)11-6-4-3-5-7-11/h3-8H,1-2H3. The van der Waals surface area contributed by atoms with Gasteiger partial charge in [0.15, 0.2) is 0 Å². The van der Waals surface area contributed by atoms with Crippen molar-refractivity contribution in [3.05, 3.63) is 59.2 Å². The van der Waals surface area contributed by atoms with Crippen molar-refractivity contribution in [1.29, 1.82) is 0 Å². The molecule has 0 spiro atoms. The minimum absolute atomic E-state index is 0.0609. The molecular weight excluding hydrogens is 200 g/mol. The highest BCUT2D eigenvalue weighted by molar-refractivity contribution is 6.07. The lowest BCUT2D eigenvalue weighted by Gasteiger charge is -2.02. The van der Waals surface area contributed by atoms with E-state index in [0.717, 1.165) is 5.69 Å². The maximum Gasteiger partial charge on any atom is 0.211 e. The molecule has 0 N–H and O–H groups in total. The lowest BCUT2D eigenvalue weighted by molar-refractivity contribution is 0.103. The molecule has 3 heteroatoms. The van der Waals surface area contributed by atoms with Gasteiger partial charge in [0.1, 0.15) is 11.5 Å². The number of hydrogen-bond donors (Lipinski definition) is 0. The molecule has 0 saturated heterocycles. The average molecular weight is 212 g/mol. The average Bonchev–Trinajstić information content (AvgIpc) is 2.28. The number of hydrogen-bond acceptors (Lipinski definition) is 3. The summed E-state index contributed by atoms with van der Waals surface area (Å²) >= 11 is 0. The number of aromatic nitrogens is 2. The third kappa shape index (κ3) is 2.14. The van der Waals surface area contributed by atoms with Crippen LogP contribution in [0, 0.1) is 13.8 Å². The van der Waals surface area contributed by atoms with E-state index < -0.39 is 0 Å². The van der Waals surface area contributed by atoms with E-state index in [4.69, 9.17) is 0 Å². The Morgan fingerprint density at radius 3 is 2.38 bits per heavy atom. The van der Waals surface area contributed by atoms with Gasteiger partial charge >= 0.3 is 0 Å². The van der Waals surface area contributed by atoms with Gasteiger partial charge in [-0.05, 0) is 19.9 Å². The number of aryl methyl sites for hydroxylation is 2. The fraction of sp³-hybridized carbons (Fsp3) is 0.154. The molecule has 80 valence electrons. The minimum atomic E-state index is -0.0609. The molecule has 3 nitrogen and oxygen atoms in total. The van der Waals surface area contributed by atoms with Crippen LogP contribution in [-0.4, -0.2) is 15.8 Å². The first kappa shape index (κ1) is 10.5. The smallest absolute Gasteiger partial charge is 0.211 e. The lowest BCUT2D eigenvalue weighted by atomic mass is 10.1. The SMILES string of the molecule is Cc1cc(C(=O)c2ccccc2)nc(C)n1. The predicted octanol–water partition coefficient (Wildman–Crippen LogP) is 2.32. The molecule has 1 heterocycles. The number of benzene rings is 1. The predicted molar refractivity (Wildman–Crippen MR) is 61.4 cm³/mol. The minimum Gasteiger partial charge on any atom is -0.287 e. The maximum absolute atomic E-state index is 12.1. The Hall–Kier alpha value is -2.03. The number of carbonyl (C=O) groups is 1. The van der Waals surface area contributed by atoms with Crippen LogP contribution in [0.15, 0.2) is 36.4 Å². The molecule has 2 aromatic rings. The van der Waals surface area contributed by atoms with Gasteiger partial charge in [-0.25, -0.2) is 9.97 Å². The van der Waals surface area contributed by atoms with Gasteiger partial charge in [-0.15, -0.1) is 0 Å². The summed E-state index contributed by atoms with van der Waals surface area (Å²) in [7, 11) is 0. The number of nitrogens with zero attached hydrogens (tertiary/aromatic N) is 2. The van der Waals surface area contributed by atoms with E-state index in [0.29, 0.717) is 17.1 Å². The fourth-order valence-corrected chi connectivity index (χ4v) is 1.57. The van der Waals surface area contributed by atoms with Crippen LogP contribution in [0.25, 0.3) is 0 Å². The second kappa shape index (κ2) is 4.23. The topological polar surface area (TPSA) is 42.9 Å². The molecule has 16 heavy (non-hydrogen) atoms. The zero-order valence-electron chi connectivity index (χ0n) is 9.27. The van der Waals surface area contributed by atoms with Gasteiger partial charge in [0, 0.05) is 11.3 Å². The molecule has 0 aliphatic rings. The van der Waals surface area contributed by atoms with Crippen LogP contribution in [0.1, 0.15) is 27.6 Å². The van der Waals surface area contributed by atoms with E-state index in [1.807, 2.05) is 25.1 Å². The van der Waals surface area contributed by atoms with Crippen molar-refractivity contribution in [3.8, 4) is 0 Å². The summed E-state index contributed by atoms with van der Waals surface area (Å²) in [6, 6.07) is 10.8. The molecule has 0 aliphatic carbocycles. The molecule has 0 bridgehead atoms. The van der Waals surface area contributed by atoms with E-state index in [1.165, 1.54) is 0 Å². The summed E-state index contributed by atoms with van der Waals surface area (Å²) in [5.74, 6) is 0.563. The van der Waals surface area contributed by atoms with Crippen molar-refractivity contribution >= 4 is 5.78 Å². The fourth-order valence-electron chi connectivity index (χ4n) is 1.57. The first-order valence-electron chi connectivity index (χ1n) is 5.09. The summed E-state index contributed by atoms with van der Waals surface area (Å²) < 4.78 is 0. The molecule has 1 aromatic carbocycles. The maximum atomic E-state index is 12.1. The summed E-state index contributed by atoms with van der Waals surface area (Å²) in [5.41, 5.74) is 1.92. The largest absolute Gasteiger partial charge is 0.287 e. The van der Waals surface area contributed by atoms with E-state index in [2.05, 4.69) is 9.97 Å². The first-order valence-corrected chi connectivity index (χ1v) is 5.09. The number of rotatable bonds is 2. The van der Waals surface area contributed by atoms with Crippen LogP contribution in [0.2, 0.25) is 0 Å². The van der Waals surface area contributed by atoms with Crippen molar-refractivity contribution in [2.75, 3.05) is 0 Å². The Labute approximate surface area is 94.2 Å². The Balaban J connectivity index is 2.42. The van der Waals surface area contributed by atoms with Crippen LogP contribution in [-0.2, 0) is 0 Å². The van der Waals surface area contributed by atoms with Gasteiger partial charge in [0.2, 0.25) is 5.78 Å². The Kier molecular flexibility index (Phi) is 2.77. The van der Waals surface area contributed by atoms with Crippen molar-refractivity contribution < 1.29 is 4.79 Å². The highest BCUT2D eigenvalue weighted by Gasteiger charge is 2.11. The Morgan fingerprint density at radius 2 is 1.75 bits per heavy atom. The number of ketones is 1. The molecule has 0 saturated carbocycles. The zero-order valence-corrected chi connectivity index (χ0v) is 9.27. The van der Waals surface area contributed by atoms with Gasteiger partial charge in [0.25, 0.3) is 0 Å². The Morgan fingerprint density at radius 1 is 1.06 bits per heavy atom. The van der Waals surface area contributed by atoms with E-state index in [9.17, 15) is 4.79 Å². The third-order valence-electron chi connectivity index (χ3n) is 2.23. The molecular formula is C13H12N2O. The van der Waals surface area contributed by atoms with Gasteiger partial charge in [0.05, 0.1) is 0 Å². The molecule has 0 fully saturated rings. The van der Waals surface area contributed by atoms with Crippen LogP contribution >= 0.6 is 0 Å². The molecule has 0 amide bonds. The molecule has 0 unspecified atom stereocenters. The van der Waals surface area contributed by atoms with Crippen molar-refractivity contribution in [2.24, 2.45) is 0 Å². The molecule has 0 atom stereocenters. The van der Waals surface area contributed by atoms with Crippen LogP contribution in [0.4, 0.5) is 0 Å². The van der Waals surface area contributed by atoms with Gasteiger partial charge < -0.3 is 0 Å². The summed E-state index contributed by atoms with van der Waals surface area (Å²) in [6.45, 7) is 3.64. The second-order valence-corrected chi connectivity index (χ2v) is 3.64. The normalized spacial score (nSPS) is 10.1. The zero-order chi connectivity index (χ0) is 11.5. The van der Waals surface area contributed by atoms with Crippen molar-refractivity contribution in [3.63, 3.8) is 0 Å². The van der Waals surface area contributed by atoms with E-state index in [-0.39, 0.29) is 5.78 Å². The highest BCUT2D eigenvalue weighted by atomic mass is 16.1. The Bertz CT molecular complexity index is 500.